The van der Waals surface area contributed by atoms with Gasteiger partial charge in [0.1, 0.15) is 11.3 Å². The summed E-state index contributed by atoms with van der Waals surface area (Å²) in [6.45, 7) is 6.84. The van der Waals surface area contributed by atoms with Crippen molar-refractivity contribution < 1.29 is 23.5 Å². The number of carbonyl (C=O) groups is 3. The van der Waals surface area contributed by atoms with Gasteiger partial charge >= 0.3 is 0 Å². The van der Waals surface area contributed by atoms with Gasteiger partial charge in [0.15, 0.2) is 0 Å². The van der Waals surface area contributed by atoms with Gasteiger partial charge in [-0.1, -0.05) is 146 Å². The Bertz CT molecular complexity index is 2950. The lowest BCUT2D eigenvalue weighted by Gasteiger charge is -2.35. The van der Waals surface area contributed by atoms with Gasteiger partial charge in [-0.15, -0.1) is 0 Å². The lowest BCUT2D eigenvalue weighted by molar-refractivity contribution is -0.127. The van der Waals surface area contributed by atoms with Crippen LogP contribution in [0.15, 0.2) is 206 Å². The molecular weight excluding hydrogens is 875 g/mol. The number of imide groups is 1. The van der Waals surface area contributed by atoms with Crippen molar-refractivity contribution >= 4 is 71.8 Å². The van der Waals surface area contributed by atoms with Gasteiger partial charge < -0.3 is 23.6 Å². The number of nitrogens with zero attached hydrogens (tertiary/aromatic N) is 6. The van der Waals surface area contributed by atoms with Crippen LogP contribution in [0.3, 0.4) is 0 Å². The van der Waals surface area contributed by atoms with E-state index in [9.17, 15) is 18.9 Å². The molecule has 2 atom stereocenters. The molecule has 7 aromatic carbocycles. The summed E-state index contributed by atoms with van der Waals surface area (Å²) < 4.78 is 37.7. The molecule has 67 heavy (non-hydrogen) atoms. The van der Waals surface area contributed by atoms with Crippen molar-refractivity contribution in [1.82, 2.24) is 4.90 Å². The Labute approximate surface area is 391 Å². The summed E-state index contributed by atoms with van der Waals surface area (Å²) in [7, 11) is -6.84. The van der Waals surface area contributed by atoms with Crippen molar-refractivity contribution in [3.8, 4) is 0 Å². The van der Waals surface area contributed by atoms with Gasteiger partial charge in [-0.2, -0.15) is 0 Å². The van der Waals surface area contributed by atoms with Gasteiger partial charge in [0.05, 0.1) is 12.2 Å². The molecule has 4 heterocycles. The van der Waals surface area contributed by atoms with Crippen molar-refractivity contribution in [3.05, 3.63) is 212 Å². The topological polar surface area (TPSA) is 105 Å². The highest BCUT2D eigenvalue weighted by Crippen LogP contribution is 2.67. The molecule has 11 rings (SSSR count). The van der Waals surface area contributed by atoms with Crippen LogP contribution >= 0.6 is 14.9 Å². The molecule has 0 radical (unpaired) electrons. The third-order valence-corrected chi connectivity index (χ3v) is 20.1. The molecule has 336 valence electrons. The van der Waals surface area contributed by atoms with Gasteiger partial charge in [0, 0.05) is 72.9 Å². The van der Waals surface area contributed by atoms with E-state index in [0.717, 1.165) is 44.8 Å². The molecule has 4 aliphatic rings. The third-order valence-electron chi connectivity index (χ3n) is 13.1. The predicted octanol–water partition coefficient (Wildman–Crippen LogP) is 11.2. The zero-order chi connectivity index (χ0) is 46.1. The SMILES string of the molecule is C=C1CC(P2(=O)N(c3ccccc3)CCN2c2ccccc2)C(=O)N1Cc1ccccc1.O=C1CC(P2(=O)N(c3ccccc3)CCN2c2ccccc2)C(=O)N1c1cccc2ccccc12. The average molecular weight is 925 g/mol. The van der Waals surface area contributed by atoms with E-state index in [1.165, 1.54) is 4.90 Å². The van der Waals surface area contributed by atoms with E-state index >= 15 is 4.57 Å². The first-order valence-electron chi connectivity index (χ1n) is 22.6. The molecule has 0 N–H and O–H groups in total. The monoisotopic (exact) mass is 924 g/mol. The summed E-state index contributed by atoms with van der Waals surface area (Å²) in [5, 5.41) is 1.76. The summed E-state index contributed by atoms with van der Waals surface area (Å²) in [4.78, 5) is 44.0. The lowest BCUT2D eigenvalue weighted by atomic mass is 10.1. The first kappa shape index (κ1) is 43.7. The smallest absolute Gasteiger partial charge is 0.275 e. The highest BCUT2D eigenvalue weighted by molar-refractivity contribution is 7.69. The molecular formula is C54H50N6O5P2. The first-order valence-corrected chi connectivity index (χ1v) is 25.9. The first-order chi connectivity index (χ1) is 32.7. The fourth-order valence-electron chi connectivity index (χ4n) is 9.97. The summed E-state index contributed by atoms with van der Waals surface area (Å²) in [6.07, 6.45) is 0.307. The molecule has 0 aromatic heterocycles. The molecule has 0 saturated carbocycles. The van der Waals surface area contributed by atoms with Crippen LogP contribution in [0.25, 0.3) is 10.8 Å². The summed E-state index contributed by atoms with van der Waals surface area (Å²) in [5.41, 5.74) is 4.04. The zero-order valence-electron chi connectivity index (χ0n) is 36.9. The van der Waals surface area contributed by atoms with Crippen molar-refractivity contribution in [2.24, 2.45) is 0 Å². The Hall–Kier alpha value is -7.19. The molecule has 2 unspecified atom stereocenters. The van der Waals surface area contributed by atoms with Crippen LogP contribution in [-0.4, -0.2) is 60.1 Å². The van der Waals surface area contributed by atoms with Crippen molar-refractivity contribution in [1.29, 1.82) is 0 Å². The molecule has 11 nitrogen and oxygen atoms in total. The Kier molecular flexibility index (Phi) is 11.9. The average Bonchev–Trinajstić information content (AvgIpc) is 4.10. The number of hydrogen-bond donors (Lipinski definition) is 0. The van der Waals surface area contributed by atoms with Crippen LogP contribution in [0, 0.1) is 0 Å². The Morgan fingerprint density at radius 1 is 0.448 bits per heavy atom. The molecule has 0 spiro atoms. The Morgan fingerprint density at radius 3 is 1.30 bits per heavy atom. The number of para-hydroxylation sites is 4. The van der Waals surface area contributed by atoms with Gasteiger partial charge in [0.2, 0.25) is 17.7 Å². The minimum absolute atomic E-state index is 0.0913. The van der Waals surface area contributed by atoms with Crippen LogP contribution in [0.1, 0.15) is 18.4 Å². The van der Waals surface area contributed by atoms with Gasteiger partial charge in [0.25, 0.3) is 14.9 Å². The van der Waals surface area contributed by atoms with E-state index in [0.29, 0.717) is 44.8 Å². The number of allylic oxidation sites excluding steroid dienone is 1. The second kappa shape index (κ2) is 18.2. The van der Waals surface area contributed by atoms with E-state index in [4.69, 9.17) is 0 Å². The van der Waals surface area contributed by atoms with Gasteiger partial charge in [-0.25, -0.2) is 4.90 Å². The van der Waals surface area contributed by atoms with E-state index in [2.05, 4.69) is 6.58 Å². The summed E-state index contributed by atoms with van der Waals surface area (Å²) >= 11 is 0. The quantitative estimate of drug-likeness (QED) is 0.103. The largest absolute Gasteiger partial charge is 0.312 e. The van der Waals surface area contributed by atoms with Gasteiger partial charge in [-0.05, 0) is 65.5 Å². The van der Waals surface area contributed by atoms with Crippen molar-refractivity contribution in [2.45, 2.75) is 30.7 Å². The van der Waals surface area contributed by atoms with Crippen LogP contribution in [-0.2, 0) is 30.1 Å². The molecule has 13 heteroatoms. The Balaban J connectivity index is 0.000000157. The van der Waals surface area contributed by atoms with Crippen LogP contribution in [0.5, 0.6) is 0 Å². The molecule has 0 bridgehead atoms. The van der Waals surface area contributed by atoms with Crippen LogP contribution in [0.4, 0.5) is 28.4 Å². The normalized spacial score (nSPS) is 19.9. The lowest BCUT2D eigenvalue weighted by Crippen LogP contribution is -2.36. The van der Waals surface area contributed by atoms with E-state index in [1.54, 1.807) is 11.0 Å². The number of anilines is 5. The number of amides is 3. The maximum atomic E-state index is 15.1. The van der Waals surface area contributed by atoms with Crippen LogP contribution < -0.4 is 23.6 Å². The summed E-state index contributed by atoms with van der Waals surface area (Å²) in [5.74, 6) is -0.830. The molecule has 3 amide bonds. The molecule has 4 saturated heterocycles. The minimum Gasteiger partial charge on any atom is -0.312 e. The maximum absolute atomic E-state index is 15.1. The standard InChI is InChI=1S/C28H24N3O3P.C26H26N3O2P/c32-27-20-26(28(33)31(27)25-17-9-11-21-10-7-8-16-24(21)25)35(34)29(22-12-3-1-4-13-22)18-19-30(35)23-14-5-2-6-15-23;1-21-19-25(26(30)27(21)20-22-11-5-2-6-12-22)32(31)28(23-13-7-3-8-14-23)17-18-29(32)24-15-9-4-10-16-24/h1-17,26H,18-20H2;2-16,25H,1,17-20H2. The van der Waals surface area contributed by atoms with E-state index in [1.807, 2.05) is 207 Å². The third kappa shape index (κ3) is 7.82. The fraction of sp³-hybridized carbons (Fsp3) is 0.167. The highest BCUT2D eigenvalue weighted by atomic mass is 31.2. The van der Waals surface area contributed by atoms with Crippen molar-refractivity contribution in [2.75, 3.05) is 49.8 Å². The Morgan fingerprint density at radius 2 is 0.836 bits per heavy atom. The number of hydrogen-bond acceptors (Lipinski definition) is 5. The highest BCUT2D eigenvalue weighted by Gasteiger charge is 2.58. The molecule has 4 fully saturated rings. The summed E-state index contributed by atoms with van der Waals surface area (Å²) in [6, 6.07) is 61.7. The fourth-order valence-corrected chi connectivity index (χ4v) is 16.9. The number of carbonyl (C=O) groups excluding carboxylic acids is 3. The minimum atomic E-state index is -3.54. The van der Waals surface area contributed by atoms with E-state index in [-0.39, 0.29) is 18.2 Å². The predicted molar refractivity (Wildman–Crippen MR) is 270 cm³/mol. The molecule has 7 aromatic rings. The number of rotatable bonds is 9. The van der Waals surface area contributed by atoms with Crippen LogP contribution in [0.2, 0.25) is 0 Å². The molecule has 4 aliphatic heterocycles. The van der Waals surface area contributed by atoms with Gasteiger partial charge in [-0.3, -0.25) is 23.5 Å². The maximum Gasteiger partial charge on any atom is 0.275 e. The number of fused-ring (bicyclic) bond motifs is 1. The van der Waals surface area contributed by atoms with Crippen molar-refractivity contribution in [3.63, 3.8) is 0 Å². The zero-order valence-corrected chi connectivity index (χ0v) is 38.7. The molecule has 0 aliphatic carbocycles. The van der Waals surface area contributed by atoms with E-state index < -0.39 is 32.1 Å². The number of benzene rings is 7. The second-order valence-corrected chi connectivity index (χ2v) is 22.5. The second-order valence-electron chi connectivity index (χ2n) is 17.0. The number of likely N-dealkylation sites (tertiary alicyclic amines) is 1.